The maximum atomic E-state index is 8.94. The number of benzene rings is 2. The van der Waals surface area contributed by atoms with Crippen molar-refractivity contribution in [2.75, 3.05) is 0 Å². The first-order valence-corrected chi connectivity index (χ1v) is 6.21. The molecule has 0 saturated carbocycles. The van der Waals surface area contributed by atoms with Crippen molar-refractivity contribution < 1.29 is 27.6 Å². The molecule has 2 nitrogen and oxygen atoms in total. The van der Waals surface area contributed by atoms with E-state index >= 15 is 0 Å². The summed E-state index contributed by atoms with van der Waals surface area (Å²) in [5.74, 6) is 0.712. The third kappa shape index (κ3) is 6.91. The van der Waals surface area contributed by atoms with Crippen molar-refractivity contribution in [1.29, 1.82) is 0 Å². The van der Waals surface area contributed by atoms with Gasteiger partial charge in [-0.3, -0.25) is 0 Å². The van der Waals surface area contributed by atoms with E-state index in [1.54, 1.807) is 24.3 Å². The van der Waals surface area contributed by atoms with E-state index in [9.17, 15) is 0 Å². The SMILES string of the molecule is CCc1cccc(O)c1.CCc1cccc(O)c1.[Cr]. The van der Waals surface area contributed by atoms with Gasteiger partial charge in [0.05, 0.1) is 0 Å². The normalized spacial score (nSPS) is 8.95. The second kappa shape index (κ2) is 9.50. The molecule has 2 aromatic rings. The van der Waals surface area contributed by atoms with Crippen LogP contribution in [0.25, 0.3) is 0 Å². The molecule has 0 aliphatic carbocycles. The van der Waals surface area contributed by atoms with Gasteiger partial charge in [-0.2, -0.15) is 0 Å². The maximum Gasteiger partial charge on any atom is 0.115 e. The minimum atomic E-state index is 0. The van der Waals surface area contributed by atoms with E-state index in [1.165, 1.54) is 11.1 Å². The first-order chi connectivity index (χ1) is 8.65. The summed E-state index contributed by atoms with van der Waals surface area (Å²) >= 11 is 0. The summed E-state index contributed by atoms with van der Waals surface area (Å²) in [6.07, 6.45) is 1.96. The van der Waals surface area contributed by atoms with Crippen LogP contribution >= 0.6 is 0 Å². The molecule has 0 spiro atoms. The predicted octanol–water partition coefficient (Wildman–Crippen LogP) is 3.91. The van der Waals surface area contributed by atoms with E-state index in [2.05, 4.69) is 13.8 Å². The average molecular weight is 296 g/mol. The molecular formula is C16H20CrO2. The molecule has 0 fully saturated rings. The molecule has 0 aliphatic rings. The molecule has 0 bridgehead atoms. The van der Waals surface area contributed by atoms with Crippen molar-refractivity contribution in [3.8, 4) is 11.5 Å². The van der Waals surface area contributed by atoms with Gasteiger partial charge in [-0.15, -0.1) is 0 Å². The van der Waals surface area contributed by atoms with Crippen LogP contribution in [-0.2, 0) is 30.2 Å². The van der Waals surface area contributed by atoms with Gasteiger partial charge in [0.15, 0.2) is 0 Å². The van der Waals surface area contributed by atoms with Gasteiger partial charge in [0.25, 0.3) is 0 Å². The van der Waals surface area contributed by atoms with Crippen LogP contribution in [0.1, 0.15) is 25.0 Å². The summed E-state index contributed by atoms with van der Waals surface area (Å²) in [7, 11) is 0. The van der Waals surface area contributed by atoms with Gasteiger partial charge in [0.1, 0.15) is 11.5 Å². The Morgan fingerprint density at radius 3 is 1.32 bits per heavy atom. The maximum absolute atomic E-state index is 8.94. The standard InChI is InChI=1S/2C8H10O.Cr/c2*1-2-7-4-3-5-8(9)6-7;/h2*3-6,9H,2H2,1H3;. The number of hydrogen-bond donors (Lipinski definition) is 2. The van der Waals surface area contributed by atoms with Gasteiger partial charge in [0.2, 0.25) is 0 Å². The average Bonchev–Trinajstić information content (AvgIpc) is 2.39. The number of phenols is 2. The fraction of sp³-hybridized carbons (Fsp3) is 0.250. The van der Waals surface area contributed by atoms with Crippen LogP contribution < -0.4 is 0 Å². The third-order valence-corrected chi connectivity index (χ3v) is 2.64. The number of phenolic OH excluding ortho intramolecular Hbond substituents is 2. The Hall–Kier alpha value is -1.43. The van der Waals surface area contributed by atoms with Crippen molar-refractivity contribution >= 4 is 0 Å². The minimum Gasteiger partial charge on any atom is -0.508 e. The summed E-state index contributed by atoms with van der Waals surface area (Å²) in [6.45, 7) is 4.13. The topological polar surface area (TPSA) is 40.5 Å². The van der Waals surface area contributed by atoms with E-state index in [4.69, 9.17) is 10.2 Å². The summed E-state index contributed by atoms with van der Waals surface area (Å²) in [4.78, 5) is 0. The molecule has 102 valence electrons. The van der Waals surface area contributed by atoms with Crippen LogP contribution in [-0.4, -0.2) is 10.2 Å². The molecule has 2 rings (SSSR count). The van der Waals surface area contributed by atoms with E-state index in [0.717, 1.165) is 12.8 Å². The van der Waals surface area contributed by atoms with Gasteiger partial charge in [0, 0.05) is 17.4 Å². The van der Waals surface area contributed by atoms with Crippen molar-refractivity contribution in [2.24, 2.45) is 0 Å². The van der Waals surface area contributed by atoms with Crippen LogP contribution in [0, 0.1) is 0 Å². The van der Waals surface area contributed by atoms with Crippen molar-refractivity contribution in [3.05, 3.63) is 59.7 Å². The van der Waals surface area contributed by atoms with E-state index in [0.29, 0.717) is 11.5 Å². The molecule has 2 aromatic carbocycles. The van der Waals surface area contributed by atoms with Gasteiger partial charge in [-0.1, -0.05) is 38.1 Å². The zero-order valence-electron chi connectivity index (χ0n) is 11.3. The molecule has 3 heteroatoms. The Balaban J connectivity index is 0.000000324. The largest absolute Gasteiger partial charge is 0.508 e. The predicted molar refractivity (Wildman–Crippen MR) is 75.0 cm³/mol. The Bertz CT molecular complexity index is 438. The quantitative estimate of drug-likeness (QED) is 0.882. The van der Waals surface area contributed by atoms with E-state index in [1.807, 2.05) is 24.3 Å². The zero-order chi connectivity index (χ0) is 13.4. The van der Waals surface area contributed by atoms with Crippen LogP contribution in [0.4, 0.5) is 0 Å². The molecule has 0 aliphatic heterocycles. The van der Waals surface area contributed by atoms with Crippen LogP contribution in [0.2, 0.25) is 0 Å². The van der Waals surface area contributed by atoms with E-state index < -0.39 is 0 Å². The Morgan fingerprint density at radius 1 is 0.737 bits per heavy atom. The van der Waals surface area contributed by atoms with Gasteiger partial charge in [-0.25, -0.2) is 0 Å². The molecule has 0 heterocycles. The molecule has 0 saturated heterocycles. The summed E-state index contributed by atoms with van der Waals surface area (Å²) in [5, 5.41) is 17.9. The molecule has 0 atom stereocenters. The fourth-order valence-corrected chi connectivity index (χ4v) is 1.55. The molecule has 0 unspecified atom stereocenters. The fourth-order valence-electron chi connectivity index (χ4n) is 1.55. The van der Waals surface area contributed by atoms with Crippen LogP contribution in [0.15, 0.2) is 48.5 Å². The number of aryl methyl sites for hydroxylation is 2. The molecule has 0 amide bonds. The monoisotopic (exact) mass is 296 g/mol. The second-order valence-corrected chi connectivity index (χ2v) is 4.05. The van der Waals surface area contributed by atoms with Crippen molar-refractivity contribution in [3.63, 3.8) is 0 Å². The summed E-state index contributed by atoms with van der Waals surface area (Å²) in [5.41, 5.74) is 2.35. The second-order valence-electron chi connectivity index (χ2n) is 4.05. The van der Waals surface area contributed by atoms with Crippen molar-refractivity contribution in [2.45, 2.75) is 26.7 Å². The molecule has 19 heavy (non-hydrogen) atoms. The Morgan fingerprint density at radius 2 is 1.11 bits per heavy atom. The van der Waals surface area contributed by atoms with Crippen LogP contribution in [0.3, 0.4) is 0 Å². The smallest absolute Gasteiger partial charge is 0.115 e. The van der Waals surface area contributed by atoms with E-state index in [-0.39, 0.29) is 17.4 Å². The van der Waals surface area contributed by atoms with Gasteiger partial charge >= 0.3 is 0 Å². The number of rotatable bonds is 2. The summed E-state index contributed by atoms with van der Waals surface area (Å²) in [6, 6.07) is 14.6. The van der Waals surface area contributed by atoms with Gasteiger partial charge in [-0.05, 0) is 48.2 Å². The Kier molecular flexibility index (Phi) is 8.78. The van der Waals surface area contributed by atoms with Crippen LogP contribution in [0.5, 0.6) is 11.5 Å². The molecule has 0 radical (unpaired) electrons. The molecule has 2 N–H and O–H groups in total. The Labute approximate surface area is 125 Å². The molecular weight excluding hydrogens is 276 g/mol. The molecule has 0 aromatic heterocycles. The number of hydrogen-bond acceptors (Lipinski definition) is 2. The van der Waals surface area contributed by atoms with Gasteiger partial charge < -0.3 is 10.2 Å². The zero-order valence-corrected chi connectivity index (χ0v) is 12.6. The first kappa shape index (κ1) is 17.6. The first-order valence-electron chi connectivity index (χ1n) is 6.21. The van der Waals surface area contributed by atoms with Crippen molar-refractivity contribution in [1.82, 2.24) is 0 Å². The number of aromatic hydroxyl groups is 2. The third-order valence-electron chi connectivity index (χ3n) is 2.64. The minimum absolute atomic E-state index is 0. The summed E-state index contributed by atoms with van der Waals surface area (Å²) < 4.78 is 0.